The van der Waals surface area contributed by atoms with Crippen molar-refractivity contribution in [3.63, 3.8) is 0 Å². The normalized spacial score (nSPS) is 10.2. The highest BCUT2D eigenvalue weighted by Crippen LogP contribution is 2.05. The second-order valence-electron chi connectivity index (χ2n) is 3.05. The highest BCUT2D eigenvalue weighted by atomic mass is 15.3. The second-order valence-corrected chi connectivity index (χ2v) is 3.05. The van der Waals surface area contributed by atoms with E-state index in [1.165, 1.54) is 0 Å². The summed E-state index contributed by atoms with van der Waals surface area (Å²) in [7, 11) is 0. The summed E-state index contributed by atoms with van der Waals surface area (Å²) in [5, 5.41) is 4.18. The van der Waals surface area contributed by atoms with Crippen molar-refractivity contribution in [3.8, 4) is 0 Å². The van der Waals surface area contributed by atoms with Crippen LogP contribution in [0, 0.1) is 6.57 Å². The third kappa shape index (κ3) is 2.09. The van der Waals surface area contributed by atoms with Gasteiger partial charge in [-0.05, 0) is 19.4 Å². The van der Waals surface area contributed by atoms with Gasteiger partial charge in [-0.3, -0.25) is 4.68 Å². The molecule has 0 N–H and O–H groups in total. The van der Waals surface area contributed by atoms with Gasteiger partial charge in [-0.15, -0.1) is 0 Å². The van der Waals surface area contributed by atoms with Gasteiger partial charge in [0.1, 0.15) is 0 Å². The molecular formula is C9H13N3. The molecule has 0 unspecified atom stereocenters. The lowest BCUT2D eigenvalue weighted by Crippen LogP contribution is -1.99. The quantitative estimate of drug-likeness (QED) is 0.624. The fourth-order valence-electron chi connectivity index (χ4n) is 0.974. The van der Waals surface area contributed by atoms with E-state index in [-0.39, 0.29) is 0 Å². The van der Waals surface area contributed by atoms with Crippen LogP contribution in [0.25, 0.3) is 4.85 Å². The van der Waals surface area contributed by atoms with Gasteiger partial charge < -0.3 is 4.85 Å². The molecule has 0 saturated carbocycles. The number of rotatable bonds is 3. The van der Waals surface area contributed by atoms with Gasteiger partial charge in [0.05, 0.1) is 6.20 Å². The molecule has 1 heterocycles. The third-order valence-electron chi connectivity index (χ3n) is 1.70. The molecule has 0 amide bonds. The van der Waals surface area contributed by atoms with Gasteiger partial charge in [0, 0.05) is 18.7 Å². The molecule has 0 aliphatic rings. The van der Waals surface area contributed by atoms with Gasteiger partial charge in [0.15, 0.2) is 0 Å². The molecule has 0 radical (unpaired) electrons. The van der Waals surface area contributed by atoms with Crippen LogP contribution in [0.2, 0.25) is 0 Å². The first-order valence-electron chi connectivity index (χ1n) is 4.10. The summed E-state index contributed by atoms with van der Waals surface area (Å²) in [6.45, 7) is 11.4. The monoisotopic (exact) mass is 163 g/mol. The topological polar surface area (TPSA) is 22.2 Å². The minimum atomic E-state index is 0.409. The van der Waals surface area contributed by atoms with E-state index in [4.69, 9.17) is 6.57 Å². The van der Waals surface area contributed by atoms with Crippen LogP contribution < -0.4 is 0 Å². The summed E-state index contributed by atoms with van der Waals surface area (Å²) in [4.78, 5) is 3.30. The lowest BCUT2D eigenvalue weighted by atomic mass is 10.2. The van der Waals surface area contributed by atoms with E-state index in [1.54, 1.807) is 0 Å². The lowest BCUT2D eigenvalue weighted by molar-refractivity contribution is 0.532. The van der Waals surface area contributed by atoms with Crippen molar-refractivity contribution in [2.75, 3.05) is 6.54 Å². The summed E-state index contributed by atoms with van der Waals surface area (Å²) in [5.41, 5.74) is 1.15. The molecule has 0 spiro atoms. The maximum absolute atomic E-state index is 6.64. The molecule has 1 rings (SSSR count). The highest BCUT2D eigenvalue weighted by molar-refractivity contribution is 5.05. The molecule has 0 aliphatic heterocycles. The van der Waals surface area contributed by atoms with Gasteiger partial charge in [-0.2, -0.15) is 5.10 Å². The first-order valence-corrected chi connectivity index (χ1v) is 4.10. The maximum Gasteiger partial charge on any atom is 0.218 e. The van der Waals surface area contributed by atoms with Crippen LogP contribution in [-0.2, 0) is 6.42 Å². The highest BCUT2D eigenvalue weighted by Gasteiger charge is 2.01. The summed E-state index contributed by atoms with van der Waals surface area (Å²) in [5.74, 6) is 0. The van der Waals surface area contributed by atoms with Crippen LogP contribution in [0.1, 0.15) is 25.5 Å². The van der Waals surface area contributed by atoms with Gasteiger partial charge in [-0.25, -0.2) is 6.57 Å². The average Bonchev–Trinajstić information content (AvgIpc) is 2.48. The Morgan fingerprint density at radius 3 is 2.92 bits per heavy atom. The van der Waals surface area contributed by atoms with Crippen molar-refractivity contribution in [1.82, 2.24) is 9.78 Å². The van der Waals surface area contributed by atoms with E-state index in [2.05, 4.69) is 23.8 Å². The molecule has 3 heteroatoms. The van der Waals surface area contributed by atoms with Crippen LogP contribution in [0.15, 0.2) is 12.4 Å². The van der Waals surface area contributed by atoms with Crippen LogP contribution in [-0.4, -0.2) is 16.3 Å². The number of nitrogens with zero attached hydrogens (tertiary/aromatic N) is 3. The Morgan fingerprint density at radius 1 is 1.67 bits per heavy atom. The minimum Gasteiger partial charge on any atom is -0.317 e. The fraction of sp³-hybridized carbons (Fsp3) is 0.556. The summed E-state index contributed by atoms with van der Waals surface area (Å²) >= 11 is 0. The summed E-state index contributed by atoms with van der Waals surface area (Å²) in [6.07, 6.45) is 4.66. The Kier molecular flexibility index (Phi) is 2.87. The van der Waals surface area contributed by atoms with E-state index < -0.39 is 0 Å². The van der Waals surface area contributed by atoms with Crippen LogP contribution in [0.3, 0.4) is 0 Å². The van der Waals surface area contributed by atoms with Crippen molar-refractivity contribution in [2.24, 2.45) is 0 Å². The van der Waals surface area contributed by atoms with E-state index in [0.717, 1.165) is 12.0 Å². The lowest BCUT2D eigenvalue weighted by Gasteiger charge is -2.02. The molecule has 0 atom stereocenters. The predicted molar refractivity (Wildman–Crippen MR) is 47.8 cm³/mol. The zero-order valence-corrected chi connectivity index (χ0v) is 7.49. The first-order chi connectivity index (χ1) is 5.74. The van der Waals surface area contributed by atoms with Crippen LogP contribution in [0.5, 0.6) is 0 Å². The van der Waals surface area contributed by atoms with E-state index in [0.29, 0.717) is 12.6 Å². The molecule has 12 heavy (non-hydrogen) atoms. The Balaban J connectivity index is 2.59. The van der Waals surface area contributed by atoms with Crippen molar-refractivity contribution in [2.45, 2.75) is 26.3 Å². The largest absolute Gasteiger partial charge is 0.317 e. The number of hydrogen-bond acceptors (Lipinski definition) is 1. The Morgan fingerprint density at radius 2 is 2.42 bits per heavy atom. The van der Waals surface area contributed by atoms with Gasteiger partial charge in [0.2, 0.25) is 6.54 Å². The SMILES string of the molecule is [C-]#[N+]CCc1cnn(C(C)C)c1. The molecule has 0 fully saturated rings. The Hall–Kier alpha value is -1.30. The predicted octanol–water partition coefficient (Wildman–Crippen LogP) is 1.93. The number of hydrogen-bond donors (Lipinski definition) is 0. The van der Waals surface area contributed by atoms with Crippen molar-refractivity contribution in [3.05, 3.63) is 29.4 Å². The second kappa shape index (κ2) is 3.91. The van der Waals surface area contributed by atoms with Crippen LogP contribution >= 0.6 is 0 Å². The van der Waals surface area contributed by atoms with E-state index >= 15 is 0 Å². The van der Waals surface area contributed by atoms with Crippen molar-refractivity contribution < 1.29 is 0 Å². The van der Waals surface area contributed by atoms with Gasteiger partial charge in [0.25, 0.3) is 0 Å². The molecule has 1 aromatic rings. The Bertz CT molecular complexity index is 280. The zero-order chi connectivity index (χ0) is 8.97. The van der Waals surface area contributed by atoms with Crippen molar-refractivity contribution >= 4 is 0 Å². The molecule has 64 valence electrons. The number of aromatic nitrogens is 2. The molecular weight excluding hydrogens is 150 g/mol. The van der Waals surface area contributed by atoms with Crippen LogP contribution in [0.4, 0.5) is 0 Å². The molecule has 0 bridgehead atoms. The molecule has 0 aliphatic carbocycles. The average molecular weight is 163 g/mol. The zero-order valence-electron chi connectivity index (χ0n) is 7.49. The first kappa shape index (κ1) is 8.79. The summed E-state index contributed by atoms with van der Waals surface area (Å²) in [6, 6.07) is 0.409. The minimum absolute atomic E-state index is 0.409. The van der Waals surface area contributed by atoms with Gasteiger partial charge in [-0.1, -0.05) is 0 Å². The molecule has 0 saturated heterocycles. The summed E-state index contributed by atoms with van der Waals surface area (Å²) < 4.78 is 1.92. The molecule has 3 nitrogen and oxygen atoms in total. The maximum atomic E-state index is 6.64. The van der Waals surface area contributed by atoms with Crippen molar-refractivity contribution in [1.29, 1.82) is 0 Å². The van der Waals surface area contributed by atoms with E-state index in [1.807, 2.05) is 17.1 Å². The third-order valence-corrected chi connectivity index (χ3v) is 1.70. The van der Waals surface area contributed by atoms with Gasteiger partial charge >= 0.3 is 0 Å². The fourth-order valence-corrected chi connectivity index (χ4v) is 0.974. The standard InChI is InChI=1S/C9H13N3/c1-8(2)12-7-9(6-11-12)4-5-10-3/h6-8H,4-5H2,1-2H3. The van der Waals surface area contributed by atoms with E-state index in [9.17, 15) is 0 Å². The molecule has 1 aromatic heterocycles. The smallest absolute Gasteiger partial charge is 0.218 e. The Labute approximate surface area is 72.8 Å². The molecule has 0 aromatic carbocycles.